The molecule has 0 aliphatic rings. The van der Waals surface area contributed by atoms with Gasteiger partial charge >= 0.3 is 55.5 Å². The first-order valence-electron chi connectivity index (χ1n) is 6.98. The molecule has 0 rings (SSSR count). The highest BCUT2D eigenvalue weighted by molar-refractivity contribution is 5.76. The minimum absolute atomic E-state index is 1.51. The van der Waals surface area contributed by atoms with Crippen molar-refractivity contribution in [1.82, 2.24) is 0 Å². The van der Waals surface area contributed by atoms with Gasteiger partial charge in [-0.2, -0.15) is 39.9 Å². The van der Waals surface area contributed by atoms with Gasteiger partial charge in [0.2, 0.25) is 0 Å². The number of hydrogen-bond acceptors (Lipinski definition) is 6. The number of carbonyl (C=O) groups is 1. The van der Waals surface area contributed by atoms with Gasteiger partial charge in [0.1, 0.15) is 0 Å². The Balaban J connectivity index is 5.67. The molecule has 1 unspecified atom stereocenters. The van der Waals surface area contributed by atoms with E-state index in [0.717, 1.165) is 0 Å². The van der Waals surface area contributed by atoms with Crippen molar-refractivity contribution < 1.29 is 113 Å². The zero-order chi connectivity index (χ0) is 28.7. The van der Waals surface area contributed by atoms with Crippen LogP contribution < -0.4 is 0 Å². The van der Waals surface area contributed by atoms with E-state index < -0.39 is 61.6 Å². The quantitative estimate of drug-likeness (QED) is 0.242. The van der Waals surface area contributed by atoms with Crippen molar-refractivity contribution in [3.63, 3.8) is 0 Å². The van der Waals surface area contributed by atoms with Gasteiger partial charge in [0, 0.05) is 0 Å². The van der Waals surface area contributed by atoms with Crippen LogP contribution in [0.15, 0.2) is 0 Å². The minimum atomic E-state index is -7.49. The lowest BCUT2D eigenvalue weighted by Gasteiger charge is -2.33. The Morgan fingerprint density at radius 3 is 1.20 bits per heavy atom. The van der Waals surface area contributed by atoms with Gasteiger partial charge in [0.15, 0.2) is 0 Å². The minimum Gasteiger partial charge on any atom is -0.477 e. The molecule has 0 fully saturated rings. The molecule has 0 heterocycles. The summed E-state index contributed by atoms with van der Waals surface area (Å²) in [7, 11) is 0. The molecular weight excluding hydrogens is 574 g/mol. The number of ether oxygens (including phenoxy) is 5. The molecule has 25 heteroatoms. The summed E-state index contributed by atoms with van der Waals surface area (Å²) in [4.78, 5) is 9.91. The Morgan fingerprint density at radius 1 is 0.543 bits per heavy atom. The predicted molar refractivity (Wildman–Crippen MR) is 58.6 cm³/mol. The standard InChI is InChI=1S/C10H2F18O7/c11-1(3(12,13)2(29)30)4(14,15)31-5(16,17)6(18,19)32-8(23,24)34-10(27,28)35-9(25,26)33-7(20,21)22/h1H,(H,29,30). The van der Waals surface area contributed by atoms with Crippen LogP contribution in [0, 0.1) is 0 Å². The highest BCUT2D eigenvalue weighted by Gasteiger charge is 2.73. The molecule has 0 amide bonds. The van der Waals surface area contributed by atoms with E-state index in [9.17, 15) is 83.8 Å². The Morgan fingerprint density at radius 2 is 0.857 bits per heavy atom. The number of hydrogen-bond donors (Lipinski definition) is 1. The summed E-state index contributed by atoms with van der Waals surface area (Å²) in [5.41, 5.74) is 0. The van der Waals surface area contributed by atoms with Gasteiger partial charge in [-0.1, -0.05) is 0 Å². The van der Waals surface area contributed by atoms with Gasteiger partial charge in [0.25, 0.3) is 6.17 Å². The molecule has 35 heavy (non-hydrogen) atoms. The van der Waals surface area contributed by atoms with Gasteiger partial charge < -0.3 is 5.11 Å². The van der Waals surface area contributed by atoms with Crippen molar-refractivity contribution in [1.29, 1.82) is 0 Å². The monoisotopic (exact) mass is 576 g/mol. The third-order valence-electron chi connectivity index (χ3n) is 2.46. The molecule has 0 aromatic carbocycles. The second-order valence-electron chi connectivity index (χ2n) is 5.23. The zero-order valence-electron chi connectivity index (χ0n) is 14.8. The molecule has 1 atom stereocenters. The van der Waals surface area contributed by atoms with Crippen LogP contribution in [0.1, 0.15) is 0 Å². The number of aliphatic carboxylic acids is 1. The maximum atomic E-state index is 13.1. The van der Waals surface area contributed by atoms with Crippen LogP contribution in [-0.2, 0) is 28.5 Å². The van der Waals surface area contributed by atoms with Gasteiger partial charge in [0.05, 0.1) is 0 Å². The van der Waals surface area contributed by atoms with Gasteiger partial charge in [-0.3, -0.25) is 0 Å². The highest BCUT2D eigenvalue weighted by atomic mass is 19.4. The van der Waals surface area contributed by atoms with Crippen LogP contribution in [0.3, 0.4) is 0 Å². The van der Waals surface area contributed by atoms with Crippen molar-refractivity contribution in [2.75, 3.05) is 0 Å². The van der Waals surface area contributed by atoms with E-state index in [1.165, 1.54) is 4.74 Å². The second kappa shape index (κ2) is 9.47. The largest absolute Gasteiger partial charge is 0.529 e. The van der Waals surface area contributed by atoms with E-state index in [4.69, 9.17) is 5.11 Å². The topological polar surface area (TPSA) is 83.5 Å². The van der Waals surface area contributed by atoms with Crippen molar-refractivity contribution in [3.8, 4) is 0 Å². The molecule has 7 nitrogen and oxygen atoms in total. The van der Waals surface area contributed by atoms with Crippen molar-refractivity contribution in [2.24, 2.45) is 0 Å². The van der Waals surface area contributed by atoms with Crippen LogP contribution in [0.25, 0.3) is 0 Å². The SMILES string of the molecule is O=C(O)C(F)(F)C(F)C(F)(F)OC(F)(F)C(F)(F)OC(F)(F)OC(F)(F)OC(F)(F)OC(F)(F)F. The van der Waals surface area contributed by atoms with Crippen molar-refractivity contribution in [3.05, 3.63) is 0 Å². The first-order chi connectivity index (χ1) is 14.9. The molecule has 0 bridgehead atoms. The Kier molecular flexibility index (Phi) is 8.93. The summed E-state index contributed by atoms with van der Waals surface area (Å²) in [5.74, 6) is -10.2. The van der Waals surface area contributed by atoms with E-state index in [0.29, 0.717) is 0 Å². The Labute approximate surface area is 176 Å². The molecule has 0 saturated heterocycles. The van der Waals surface area contributed by atoms with E-state index in [-0.39, 0.29) is 0 Å². The van der Waals surface area contributed by atoms with Gasteiger partial charge in [-0.25, -0.2) is 28.1 Å². The molecule has 210 valence electrons. The molecule has 0 aromatic rings. The lowest BCUT2D eigenvalue weighted by atomic mass is 10.2. The second-order valence-corrected chi connectivity index (χ2v) is 5.23. The first-order valence-corrected chi connectivity index (χ1v) is 6.98. The fraction of sp³-hybridized carbons (Fsp3) is 0.900. The maximum Gasteiger partial charge on any atom is 0.529 e. The number of halogens is 18. The first kappa shape index (κ1) is 33.0. The Hall–Kier alpha value is -1.99. The van der Waals surface area contributed by atoms with Crippen LogP contribution in [0.2, 0.25) is 0 Å². The van der Waals surface area contributed by atoms with E-state index in [1.807, 2.05) is 0 Å². The lowest BCUT2D eigenvalue weighted by Crippen LogP contribution is -2.58. The predicted octanol–water partition coefficient (Wildman–Crippen LogP) is 5.08. The Bertz CT molecular complexity index is 748. The number of carboxylic acid groups (broad SMARTS) is 1. The fourth-order valence-corrected chi connectivity index (χ4v) is 1.28. The maximum absolute atomic E-state index is 13.1. The van der Waals surface area contributed by atoms with Crippen LogP contribution in [0.5, 0.6) is 0 Å². The summed E-state index contributed by atoms with van der Waals surface area (Å²) in [6.07, 6.45) is -54.9. The fourth-order valence-electron chi connectivity index (χ4n) is 1.28. The zero-order valence-corrected chi connectivity index (χ0v) is 14.8. The summed E-state index contributed by atoms with van der Waals surface area (Å²) in [6, 6.07) is 0. The lowest BCUT2D eigenvalue weighted by molar-refractivity contribution is -0.621. The average Bonchev–Trinajstić information content (AvgIpc) is 2.46. The highest BCUT2D eigenvalue weighted by Crippen LogP contribution is 2.47. The van der Waals surface area contributed by atoms with Crippen molar-refractivity contribution >= 4 is 5.97 Å². The number of rotatable bonds is 13. The molecule has 0 aliphatic carbocycles. The van der Waals surface area contributed by atoms with Gasteiger partial charge in [-0.05, 0) is 0 Å². The average molecular weight is 576 g/mol. The molecule has 1 N–H and O–H groups in total. The molecule has 0 aliphatic heterocycles. The molecular formula is C10H2F18O7. The summed E-state index contributed by atoms with van der Waals surface area (Å²) < 4.78 is 235. The normalized spacial score (nSPS) is 16.4. The third kappa shape index (κ3) is 9.53. The van der Waals surface area contributed by atoms with Crippen molar-refractivity contribution in [2.45, 2.75) is 55.7 Å². The molecule has 0 saturated carbocycles. The summed E-state index contributed by atoms with van der Waals surface area (Å²) >= 11 is 0. The molecule has 0 radical (unpaired) electrons. The number of carboxylic acids is 1. The van der Waals surface area contributed by atoms with E-state index >= 15 is 0 Å². The molecule has 0 aromatic heterocycles. The van der Waals surface area contributed by atoms with E-state index in [2.05, 4.69) is 0 Å². The van der Waals surface area contributed by atoms with Crippen LogP contribution >= 0.6 is 0 Å². The number of alkyl halides is 18. The van der Waals surface area contributed by atoms with Crippen LogP contribution in [-0.4, -0.2) is 66.7 Å². The molecule has 0 spiro atoms. The third-order valence-corrected chi connectivity index (χ3v) is 2.46. The summed E-state index contributed by atoms with van der Waals surface area (Å²) in [6.45, 7) is 0. The van der Waals surface area contributed by atoms with Crippen LogP contribution in [0.4, 0.5) is 79.0 Å². The van der Waals surface area contributed by atoms with E-state index in [1.54, 1.807) is 18.9 Å². The summed E-state index contributed by atoms with van der Waals surface area (Å²) in [5, 5.41) is 7.77. The van der Waals surface area contributed by atoms with Gasteiger partial charge in [-0.15, -0.1) is 39.5 Å². The smallest absolute Gasteiger partial charge is 0.477 e.